The summed E-state index contributed by atoms with van der Waals surface area (Å²) < 4.78 is 0. The smallest absolute Gasteiger partial charge is 0.0669 e. The van der Waals surface area contributed by atoms with Gasteiger partial charge in [-0.15, -0.1) is 5.69 Å². The van der Waals surface area contributed by atoms with Crippen molar-refractivity contribution in [2.24, 2.45) is 0 Å². The van der Waals surface area contributed by atoms with E-state index in [2.05, 4.69) is 0 Å². The number of hydrogen-bond donors (Lipinski definition) is 1. The van der Waals surface area contributed by atoms with E-state index in [1.807, 2.05) is 13.0 Å². The Morgan fingerprint density at radius 3 is 2.33 bits per heavy atom. The maximum absolute atomic E-state index is 8.69. The van der Waals surface area contributed by atoms with E-state index in [-0.39, 0.29) is 94.7 Å². The summed E-state index contributed by atoms with van der Waals surface area (Å²) in [6, 6.07) is 5.41. The van der Waals surface area contributed by atoms with E-state index in [4.69, 9.17) is 10.8 Å². The topological polar surface area (TPSA) is 44.0 Å². The summed E-state index contributed by atoms with van der Waals surface area (Å²) in [6.07, 6.45) is 0. The summed E-state index contributed by atoms with van der Waals surface area (Å²) >= 11 is 0. The molecule has 0 aromatic heterocycles. The molecule has 12 heavy (non-hydrogen) atoms. The number of nitrogens with one attached hydrogen (secondary N) is 1. The normalized spacial score (nSPS) is 8.17. The summed E-state index contributed by atoms with van der Waals surface area (Å²) in [5.74, 6) is 0. The van der Waals surface area contributed by atoms with Gasteiger partial charge in [0.1, 0.15) is 0 Å². The van der Waals surface area contributed by atoms with Gasteiger partial charge < -0.3 is 10.8 Å². The molecule has 0 fully saturated rings. The molecule has 4 heteroatoms. The third-order valence-corrected chi connectivity index (χ3v) is 1.44. The van der Waals surface area contributed by atoms with Gasteiger partial charge in [0.25, 0.3) is 0 Å². The Balaban J connectivity index is 0. The molecule has 0 spiro atoms. The maximum atomic E-state index is 8.69. The Morgan fingerprint density at radius 2 is 1.92 bits per heavy atom. The fourth-order valence-corrected chi connectivity index (χ4v) is 0.828. The summed E-state index contributed by atoms with van der Waals surface area (Å²) in [4.78, 5) is 0. The second-order valence-electron chi connectivity index (χ2n) is 2.32. The maximum Gasteiger partial charge on any atom is 0.0669 e. The standard InChI is InChI=1S/C8H10NO.2Ac/c1-6-2-3-7(5-10)8(9)4-6;;/h2-4,9-10H,5H2,1H3;;/q-1;;. The van der Waals surface area contributed by atoms with E-state index in [0.717, 1.165) is 5.56 Å². The van der Waals surface area contributed by atoms with Crippen LogP contribution in [0.5, 0.6) is 0 Å². The van der Waals surface area contributed by atoms with Crippen molar-refractivity contribution in [3.05, 3.63) is 35.1 Å². The Kier molecular flexibility index (Phi) is 11.1. The molecule has 0 unspecified atom stereocenters. The van der Waals surface area contributed by atoms with Gasteiger partial charge in [0.05, 0.1) is 6.61 Å². The molecule has 60 valence electrons. The fraction of sp³-hybridized carbons (Fsp3) is 0.250. The molecule has 0 bridgehead atoms. The first-order valence-corrected chi connectivity index (χ1v) is 3.16. The summed E-state index contributed by atoms with van der Waals surface area (Å²) in [7, 11) is 0. The van der Waals surface area contributed by atoms with Crippen LogP contribution in [0.2, 0.25) is 0 Å². The molecule has 2 N–H and O–H groups in total. The molecular formula is C8H10Ac2NO-. The number of rotatable bonds is 1. The molecule has 0 saturated heterocycles. The van der Waals surface area contributed by atoms with Crippen LogP contribution < -0.4 is 0 Å². The zero-order valence-corrected chi connectivity index (χ0v) is 16.5. The average molecular weight is 590 g/mol. The third-order valence-electron chi connectivity index (χ3n) is 1.44. The molecule has 1 aromatic rings. The number of hydrogen-bond acceptors (Lipinski definition) is 1. The van der Waals surface area contributed by atoms with Crippen LogP contribution in [0.3, 0.4) is 0 Å². The second kappa shape index (κ2) is 8.19. The molecule has 0 aliphatic rings. The zero-order chi connectivity index (χ0) is 7.56. The zero-order valence-electron chi connectivity index (χ0n) is 7.04. The predicted molar refractivity (Wildman–Crippen MR) is 41.1 cm³/mol. The molecular weight excluding hydrogens is 580 g/mol. The van der Waals surface area contributed by atoms with Crippen molar-refractivity contribution in [1.29, 1.82) is 0 Å². The molecule has 0 saturated carbocycles. The monoisotopic (exact) mass is 590 g/mol. The van der Waals surface area contributed by atoms with Crippen molar-refractivity contribution < 1.29 is 93.2 Å². The van der Waals surface area contributed by atoms with E-state index in [1.54, 1.807) is 12.1 Å². The van der Waals surface area contributed by atoms with Crippen molar-refractivity contribution in [1.82, 2.24) is 0 Å². The average Bonchev–Trinajstić information content (AvgIpc) is 1.88. The SMILES string of the molecule is Cc1ccc(CO)c([NH-])c1.[Ac].[Ac]. The first kappa shape index (κ1) is 16.3. The molecule has 1 aromatic carbocycles. The van der Waals surface area contributed by atoms with Gasteiger partial charge >= 0.3 is 0 Å². The summed E-state index contributed by atoms with van der Waals surface area (Å²) in [5, 5.41) is 8.69. The minimum Gasteiger partial charge on any atom is -0.698 e. The molecule has 0 aliphatic heterocycles. The Hall–Kier alpha value is 1.86. The first-order chi connectivity index (χ1) is 4.74. The van der Waals surface area contributed by atoms with Gasteiger partial charge in [-0.3, -0.25) is 0 Å². The fourth-order valence-electron chi connectivity index (χ4n) is 0.828. The van der Waals surface area contributed by atoms with E-state index >= 15 is 0 Å². The van der Waals surface area contributed by atoms with Gasteiger partial charge in [-0.25, -0.2) is 0 Å². The van der Waals surface area contributed by atoms with Crippen LogP contribution in [0, 0.1) is 95.0 Å². The Labute approximate surface area is 144 Å². The van der Waals surface area contributed by atoms with E-state index < -0.39 is 0 Å². The van der Waals surface area contributed by atoms with Crippen LogP contribution in [-0.2, 0) is 6.61 Å². The Bertz CT molecular complexity index is 240. The van der Waals surface area contributed by atoms with Crippen molar-refractivity contribution in [2.45, 2.75) is 13.5 Å². The van der Waals surface area contributed by atoms with Crippen LogP contribution in [0.25, 0.3) is 5.73 Å². The van der Waals surface area contributed by atoms with Gasteiger partial charge in [0.2, 0.25) is 0 Å². The van der Waals surface area contributed by atoms with E-state index in [1.165, 1.54) is 0 Å². The molecule has 0 aliphatic carbocycles. The van der Waals surface area contributed by atoms with Crippen LogP contribution >= 0.6 is 0 Å². The minimum atomic E-state index is -0.0425. The summed E-state index contributed by atoms with van der Waals surface area (Å²) in [5.41, 5.74) is 9.51. The van der Waals surface area contributed by atoms with Gasteiger partial charge in [0.15, 0.2) is 0 Å². The van der Waals surface area contributed by atoms with Crippen molar-refractivity contribution in [2.75, 3.05) is 0 Å². The first-order valence-electron chi connectivity index (χ1n) is 3.16. The van der Waals surface area contributed by atoms with Crippen LogP contribution in [-0.4, -0.2) is 5.11 Å². The van der Waals surface area contributed by atoms with Gasteiger partial charge in [-0.05, 0) is 12.5 Å². The number of aliphatic hydroxyl groups is 1. The van der Waals surface area contributed by atoms with Gasteiger partial charge in [-0.2, -0.15) is 0 Å². The minimum absolute atomic E-state index is 0. The van der Waals surface area contributed by atoms with Crippen LogP contribution in [0.4, 0.5) is 5.69 Å². The largest absolute Gasteiger partial charge is 0.698 e. The molecule has 2 radical (unpaired) electrons. The quantitative estimate of drug-likeness (QED) is 0.536. The second-order valence-corrected chi connectivity index (χ2v) is 2.32. The van der Waals surface area contributed by atoms with Crippen molar-refractivity contribution in [3.63, 3.8) is 0 Å². The molecule has 0 heterocycles. The van der Waals surface area contributed by atoms with Crippen molar-refractivity contribution >= 4 is 5.69 Å². The van der Waals surface area contributed by atoms with Crippen molar-refractivity contribution in [3.8, 4) is 0 Å². The van der Waals surface area contributed by atoms with E-state index in [0.29, 0.717) is 11.3 Å². The Morgan fingerprint density at radius 1 is 1.33 bits per heavy atom. The van der Waals surface area contributed by atoms with E-state index in [9.17, 15) is 0 Å². The third kappa shape index (κ3) is 4.92. The summed E-state index contributed by atoms with van der Waals surface area (Å²) in [6.45, 7) is 1.89. The van der Waals surface area contributed by atoms with Gasteiger partial charge in [-0.1, -0.05) is 23.8 Å². The van der Waals surface area contributed by atoms with Crippen LogP contribution in [0.1, 0.15) is 11.1 Å². The van der Waals surface area contributed by atoms with Crippen LogP contribution in [0.15, 0.2) is 18.2 Å². The number of benzene rings is 1. The molecule has 0 atom stereocenters. The number of aryl methyl sites for hydroxylation is 1. The molecule has 1 rings (SSSR count). The predicted octanol–water partition coefficient (Wildman–Crippen LogP) is 2.17. The molecule has 2 nitrogen and oxygen atoms in total. The van der Waals surface area contributed by atoms with Gasteiger partial charge in [0, 0.05) is 88.1 Å². The number of aliphatic hydroxyl groups excluding tert-OH is 1. The molecule has 0 amide bonds.